The maximum atomic E-state index is 11.5. The van der Waals surface area contributed by atoms with Crippen molar-refractivity contribution in [3.63, 3.8) is 0 Å². The van der Waals surface area contributed by atoms with E-state index < -0.39 is 0 Å². The van der Waals surface area contributed by atoms with Crippen molar-refractivity contribution in [2.24, 2.45) is 0 Å². The van der Waals surface area contributed by atoms with E-state index in [0.717, 1.165) is 15.7 Å². The lowest BCUT2D eigenvalue weighted by Gasteiger charge is -2.11. The molecule has 0 saturated carbocycles. The highest BCUT2D eigenvalue weighted by molar-refractivity contribution is 9.10. The van der Waals surface area contributed by atoms with Gasteiger partial charge in [0.15, 0.2) is 0 Å². The van der Waals surface area contributed by atoms with Gasteiger partial charge < -0.3 is 15.8 Å². The molecule has 2 rings (SSSR count). The Balaban J connectivity index is 2.12. The molecule has 3 N–H and O–H groups in total. The number of esters is 1. The summed E-state index contributed by atoms with van der Waals surface area (Å²) in [5.41, 5.74) is 8.80. The SMILES string of the molecule is COC(=O)c1ccc(N)c(NCc2ccc(Br)cc2)c1. The van der Waals surface area contributed by atoms with Gasteiger partial charge in [0, 0.05) is 11.0 Å². The molecule has 4 nitrogen and oxygen atoms in total. The Morgan fingerprint density at radius 1 is 1.25 bits per heavy atom. The second kappa shape index (κ2) is 6.43. The van der Waals surface area contributed by atoms with Crippen LogP contribution in [0.15, 0.2) is 46.9 Å². The highest BCUT2D eigenvalue weighted by Crippen LogP contribution is 2.21. The topological polar surface area (TPSA) is 64.3 Å². The van der Waals surface area contributed by atoms with E-state index in [2.05, 4.69) is 21.2 Å². The van der Waals surface area contributed by atoms with Gasteiger partial charge in [-0.05, 0) is 35.9 Å². The number of carbonyl (C=O) groups is 1. The van der Waals surface area contributed by atoms with Crippen LogP contribution in [-0.2, 0) is 11.3 Å². The minimum Gasteiger partial charge on any atom is -0.465 e. The van der Waals surface area contributed by atoms with Crippen molar-refractivity contribution in [3.8, 4) is 0 Å². The zero-order chi connectivity index (χ0) is 14.5. The lowest BCUT2D eigenvalue weighted by molar-refractivity contribution is 0.0601. The van der Waals surface area contributed by atoms with E-state index in [1.54, 1.807) is 18.2 Å². The number of benzene rings is 2. The van der Waals surface area contributed by atoms with Crippen molar-refractivity contribution in [3.05, 3.63) is 58.1 Å². The Labute approximate surface area is 126 Å². The monoisotopic (exact) mass is 334 g/mol. The Hall–Kier alpha value is -2.01. The Morgan fingerprint density at radius 2 is 1.95 bits per heavy atom. The van der Waals surface area contributed by atoms with Gasteiger partial charge in [0.2, 0.25) is 0 Å². The number of rotatable bonds is 4. The van der Waals surface area contributed by atoms with Crippen LogP contribution < -0.4 is 11.1 Å². The summed E-state index contributed by atoms with van der Waals surface area (Å²) in [4.78, 5) is 11.5. The molecule has 0 aromatic heterocycles. The summed E-state index contributed by atoms with van der Waals surface area (Å²) >= 11 is 3.39. The van der Waals surface area contributed by atoms with Gasteiger partial charge in [-0.25, -0.2) is 4.79 Å². The number of hydrogen-bond donors (Lipinski definition) is 2. The quantitative estimate of drug-likeness (QED) is 0.664. The first-order chi connectivity index (χ1) is 9.60. The van der Waals surface area contributed by atoms with Crippen LogP contribution in [-0.4, -0.2) is 13.1 Å². The first kappa shape index (κ1) is 14.4. The highest BCUT2D eigenvalue weighted by Gasteiger charge is 2.08. The van der Waals surface area contributed by atoms with Crippen molar-refractivity contribution in [1.29, 1.82) is 0 Å². The smallest absolute Gasteiger partial charge is 0.337 e. The number of carbonyl (C=O) groups excluding carboxylic acids is 1. The first-order valence-corrected chi connectivity index (χ1v) is 6.85. The predicted molar refractivity (Wildman–Crippen MR) is 83.7 cm³/mol. The first-order valence-electron chi connectivity index (χ1n) is 6.06. The van der Waals surface area contributed by atoms with Crippen molar-refractivity contribution < 1.29 is 9.53 Å². The van der Waals surface area contributed by atoms with Crippen molar-refractivity contribution >= 4 is 33.3 Å². The zero-order valence-electron chi connectivity index (χ0n) is 11.0. The van der Waals surface area contributed by atoms with E-state index in [0.29, 0.717) is 17.8 Å². The van der Waals surface area contributed by atoms with Crippen LogP contribution in [0, 0.1) is 0 Å². The maximum Gasteiger partial charge on any atom is 0.337 e. The molecule has 0 radical (unpaired) electrons. The molecular formula is C15H15BrN2O2. The molecule has 0 bridgehead atoms. The van der Waals surface area contributed by atoms with Gasteiger partial charge in [-0.15, -0.1) is 0 Å². The number of nitrogens with two attached hydrogens (primary N) is 1. The molecule has 0 fully saturated rings. The summed E-state index contributed by atoms with van der Waals surface area (Å²) in [5.74, 6) is -0.378. The standard InChI is InChI=1S/C15H15BrN2O2/c1-20-15(19)11-4-7-13(17)14(8-11)18-9-10-2-5-12(16)6-3-10/h2-8,18H,9,17H2,1H3. The van der Waals surface area contributed by atoms with Gasteiger partial charge >= 0.3 is 5.97 Å². The maximum absolute atomic E-state index is 11.5. The minimum absolute atomic E-state index is 0.378. The predicted octanol–water partition coefficient (Wildman–Crippen LogP) is 3.43. The van der Waals surface area contributed by atoms with Crippen molar-refractivity contribution in [2.75, 3.05) is 18.2 Å². The Bertz CT molecular complexity index is 612. The summed E-state index contributed by atoms with van der Waals surface area (Å²) < 4.78 is 5.73. The molecule has 0 saturated heterocycles. The van der Waals surface area contributed by atoms with E-state index in [1.165, 1.54) is 7.11 Å². The molecule has 20 heavy (non-hydrogen) atoms. The van der Waals surface area contributed by atoms with Crippen LogP contribution >= 0.6 is 15.9 Å². The second-order valence-electron chi connectivity index (χ2n) is 4.27. The molecule has 0 atom stereocenters. The number of hydrogen-bond acceptors (Lipinski definition) is 4. The number of methoxy groups -OCH3 is 1. The summed E-state index contributed by atoms with van der Waals surface area (Å²) in [5, 5.41) is 3.22. The molecule has 0 amide bonds. The van der Waals surface area contributed by atoms with Gasteiger partial charge in [-0.1, -0.05) is 28.1 Å². The largest absolute Gasteiger partial charge is 0.465 e. The fraction of sp³-hybridized carbons (Fsp3) is 0.133. The molecule has 5 heteroatoms. The lowest BCUT2D eigenvalue weighted by Crippen LogP contribution is -2.06. The highest BCUT2D eigenvalue weighted by atomic mass is 79.9. The molecule has 0 aliphatic rings. The number of nitrogens with one attached hydrogen (secondary N) is 1. The molecule has 2 aromatic carbocycles. The van der Waals surface area contributed by atoms with Gasteiger partial charge in [-0.3, -0.25) is 0 Å². The third-order valence-corrected chi connectivity index (χ3v) is 3.40. The number of halogens is 1. The van der Waals surface area contributed by atoms with Crippen LogP contribution in [0.3, 0.4) is 0 Å². The van der Waals surface area contributed by atoms with E-state index in [9.17, 15) is 4.79 Å². The molecular weight excluding hydrogens is 320 g/mol. The summed E-state index contributed by atoms with van der Waals surface area (Å²) in [6.07, 6.45) is 0. The summed E-state index contributed by atoms with van der Waals surface area (Å²) in [7, 11) is 1.35. The van der Waals surface area contributed by atoms with E-state index in [-0.39, 0.29) is 5.97 Å². The number of anilines is 2. The fourth-order valence-electron chi connectivity index (χ4n) is 1.75. The number of ether oxygens (including phenoxy) is 1. The lowest BCUT2D eigenvalue weighted by atomic mass is 10.1. The summed E-state index contributed by atoms with van der Waals surface area (Å²) in [6.45, 7) is 0.627. The third kappa shape index (κ3) is 3.51. The Morgan fingerprint density at radius 3 is 2.60 bits per heavy atom. The molecule has 0 heterocycles. The zero-order valence-corrected chi connectivity index (χ0v) is 12.6. The van der Waals surface area contributed by atoms with E-state index in [1.807, 2.05) is 24.3 Å². The van der Waals surface area contributed by atoms with Gasteiger partial charge in [0.05, 0.1) is 24.0 Å². The van der Waals surface area contributed by atoms with Crippen molar-refractivity contribution in [1.82, 2.24) is 0 Å². The molecule has 0 unspecified atom stereocenters. The fourth-order valence-corrected chi connectivity index (χ4v) is 2.02. The molecule has 2 aromatic rings. The molecule has 0 spiro atoms. The van der Waals surface area contributed by atoms with Gasteiger partial charge in [-0.2, -0.15) is 0 Å². The van der Waals surface area contributed by atoms with Gasteiger partial charge in [0.25, 0.3) is 0 Å². The van der Waals surface area contributed by atoms with Crippen LogP contribution in [0.25, 0.3) is 0 Å². The molecule has 104 valence electrons. The average Bonchev–Trinajstić information content (AvgIpc) is 2.47. The second-order valence-corrected chi connectivity index (χ2v) is 5.19. The Kier molecular flexibility index (Phi) is 4.63. The van der Waals surface area contributed by atoms with Crippen LogP contribution in [0.2, 0.25) is 0 Å². The van der Waals surface area contributed by atoms with Gasteiger partial charge in [0.1, 0.15) is 0 Å². The summed E-state index contributed by atoms with van der Waals surface area (Å²) in [6, 6.07) is 13.0. The van der Waals surface area contributed by atoms with E-state index in [4.69, 9.17) is 10.5 Å². The minimum atomic E-state index is -0.378. The molecule has 0 aliphatic carbocycles. The van der Waals surface area contributed by atoms with Crippen LogP contribution in [0.4, 0.5) is 11.4 Å². The van der Waals surface area contributed by atoms with Crippen molar-refractivity contribution in [2.45, 2.75) is 6.54 Å². The molecule has 0 aliphatic heterocycles. The average molecular weight is 335 g/mol. The van der Waals surface area contributed by atoms with Crippen LogP contribution in [0.1, 0.15) is 15.9 Å². The van der Waals surface area contributed by atoms with E-state index >= 15 is 0 Å². The van der Waals surface area contributed by atoms with Crippen LogP contribution in [0.5, 0.6) is 0 Å². The number of nitrogen functional groups attached to an aromatic ring is 1. The third-order valence-electron chi connectivity index (χ3n) is 2.87. The normalized spacial score (nSPS) is 10.1.